The third-order valence-electron chi connectivity index (χ3n) is 4.86. The van der Waals surface area contributed by atoms with Gasteiger partial charge in [-0.2, -0.15) is 0 Å². The lowest BCUT2D eigenvalue weighted by molar-refractivity contribution is 0.208. The zero-order chi connectivity index (χ0) is 18.7. The molecule has 1 aliphatic carbocycles. The molecule has 0 amide bonds. The van der Waals surface area contributed by atoms with E-state index in [1.807, 2.05) is 0 Å². The summed E-state index contributed by atoms with van der Waals surface area (Å²) in [4.78, 5) is 0.585. The minimum absolute atomic E-state index is 0.238. The Hall–Kier alpha value is -1.59. The number of aliphatic hydroxyl groups excluding tert-OH is 1. The Labute approximate surface area is 158 Å². The van der Waals surface area contributed by atoms with Crippen LogP contribution in [0.1, 0.15) is 55.0 Å². The van der Waals surface area contributed by atoms with Crippen LogP contribution >= 0.6 is 11.8 Å². The fourth-order valence-corrected chi connectivity index (χ4v) is 4.73. The molecular formula is C21H25F2NOS. The first kappa shape index (κ1) is 19.2. The number of hydrogen-bond acceptors (Lipinski definition) is 3. The highest BCUT2D eigenvalue weighted by Crippen LogP contribution is 2.36. The third-order valence-corrected chi connectivity index (χ3v) is 6.23. The van der Waals surface area contributed by atoms with Crippen molar-refractivity contribution in [3.63, 3.8) is 0 Å². The van der Waals surface area contributed by atoms with Crippen molar-refractivity contribution in [1.82, 2.24) is 0 Å². The van der Waals surface area contributed by atoms with E-state index in [4.69, 9.17) is 0 Å². The van der Waals surface area contributed by atoms with Crippen LogP contribution in [0.25, 0.3) is 0 Å². The molecule has 2 N–H and O–H groups in total. The van der Waals surface area contributed by atoms with Crippen molar-refractivity contribution in [2.24, 2.45) is 0 Å². The Morgan fingerprint density at radius 2 is 1.69 bits per heavy atom. The van der Waals surface area contributed by atoms with Gasteiger partial charge in [-0.25, -0.2) is 8.78 Å². The maximum Gasteiger partial charge on any atom is 0.150 e. The number of nitrogens with one attached hydrogen (secondary N) is 1. The summed E-state index contributed by atoms with van der Waals surface area (Å²) in [6.07, 6.45) is 4.91. The molecule has 0 saturated heterocycles. The molecular weight excluding hydrogens is 352 g/mol. The van der Waals surface area contributed by atoms with Gasteiger partial charge in [-0.15, -0.1) is 11.8 Å². The van der Waals surface area contributed by atoms with Crippen LogP contribution in [0.15, 0.2) is 35.2 Å². The number of anilines is 1. The lowest BCUT2D eigenvalue weighted by Crippen LogP contribution is -2.11. The summed E-state index contributed by atoms with van der Waals surface area (Å²) in [6.45, 7) is 3.38. The fraction of sp³-hybridized carbons (Fsp3) is 0.429. The lowest BCUT2D eigenvalue weighted by atomic mass is 10.0. The van der Waals surface area contributed by atoms with E-state index in [2.05, 4.69) is 5.32 Å². The lowest BCUT2D eigenvalue weighted by Gasteiger charge is -2.22. The first-order chi connectivity index (χ1) is 12.4. The SMILES string of the molecule is Cc1cc(NC(O)c2ccc(F)c(SC3CCCCC3)c2)cc(C)c1F. The van der Waals surface area contributed by atoms with E-state index in [-0.39, 0.29) is 11.6 Å². The van der Waals surface area contributed by atoms with Gasteiger partial charge < -0.3 is 10.4 Å². The predicted octanol–water partition coefficient (Wildman–Crippen LogP) is 6.11. The van der Waals surface area contributed by atoms with Crippen LogP contribution in [-0.4, -0.2) is 10.4 Å². The average molecular weight is 378 g/mol. The highest BCUT2D eigenvalue weighted by Gasteiger charge is 2.18. The first-order valence-electron chi connectivity index (χ1n) is 9.11. The molecule has 140 valence electrons. The van der Waals surface area contributed by atoms with E-state index in [9.17, 15) is 13.9 Å². The van der Waals surface area contributed by atoms with Gasteiger partial charge in [0.25, 0.3) is 0 Å². The molecule has 0 spiro atoms. The predicted molar refractivity (Wildman–Crippen MR) is 104 cm³/mol. The Morgan fingerprint density at radius 3 is 2.35 bits per heavy atom. The van der Waals surface area contributed by atoms with Crippen LogP contribution in [-0.2, 0) is 0 Å². The van der Waals surface area contributed by atoms with Gasteiger partial charge in [0.05, 0.1) is 0 Å². The molecule has 1 aliphatic rings. The summed E-state index contributed by atoms with van der Waals surface area (Å²) in [7, 11) is 0. The van der Waals surface area contributed by atoms with Gasteiger partial charge in [-0.1, -0.05) is 25.3 Å². The summed E-state index contributed by atoms with van der Waals surface area (Å²) in [6, 6.07) is 8.03. The molecule has 5 heteroatoms. The number of hydrogen-bond donors (Lipinski definition) is 2. The Kier molecular flexibility index (Phi) is 6.20. The van der Waals surface area contributed by atoms with Gasteiger partial charge >= 0.3 is 0 Å². The molecule has 1 saturated carbocycles. The van der Waals surface area contributed by atoms with Crippen molar-refractivity contribution in [2.75, 3.05) is 5.32 Å². The van der Waals surface area contributed by atoms with Crippen LogP contribution in [0.4, 0.5) is 14.5 Å². The van der Waals surface area contributed by atoms with Crippen LogP contribution < -0.4 is 5.32 Å². The zero-order valence-electron chi connectivity index (χ0n) is 15.2. The number of aliphatic hydroxyl groups is 1. The number of benzene rings is 2. The Morgan fingerprint density at radius 1 is 1.04 bits per heavy atom. The van der Waals surface area contributed by atoms with Crippen LogP contribution in [0, 0.1) is 25.5 Å². The summed E-state index contributed by atoms with van der Waals surface area (Å²) in [5.41, 5.74) is 2.28. The van der Waals surface area contributed by atoms with Crippen molar-refractivity contribution < 1.29 is 13.9 Å². The fourth-order valence-electron chi connectivity index (χ4n) is 3.41. The normalized spacial score (nSPS) is 16.5. The molecule has 0 bridgehead atoms. The van der Waals surface area contributed by atoms with Gasteiger partial charge in [0, 0.05) is 21.4 Å². The molecule has 0 aliphatic heterocycles. The van der Waals surface area contributed by atoms with Crippen molar-refractivity contribution in [3.8, 4) is 0 Å². The molecule has 0 aromatic heterocycles. The number of halogens is 2. The van der Waals surface area contributed by atoms with Crippen molar-refractivity contribution in [2.45, 2.75) is 62.3 Å². The van der Waals surface area contributed by atoms with E-state index < -0.39 is 6.23 Å². The molecule has 1 atom stereocenters. The molecule has 2 nitrogen and oxygen atoms in total. The number of thioether (sulfide) groups is 1. The Balaban J connectivity index is 1.74. The van der Waals surface area contributed by atoms with E-state index in [1.165, 1.54) is 25.3 Å². The van der Waals surface area contributed by atoms with E-state index in [0.717, 1.165) is 12.8 Å². The standard InChI is InChI=1S/C21H25F2NOS/c1-13-10-16(11-14(2)20(13)23)24-21(25)15-8-9-18(22)19(12-15)26-17-6-4-3-5-7-17/h8-12,17,21,24-25H,3-7H2,1-2H3. The van der Waals surface area contributed by atoms with Gasteiger partial charge in [-0.3, -0.25) is 0 Å². The monoisotopic (exact) mass is 377 g/mol. The maximum atomic E-state index is 14.2. The third kappa shape index (κ3) is 4.57. The smallest absolute Gasteiger partial charge is 0.150 e. The quantitative estimate of drug-likeness (QED) is 0.617. The van der Waals surface area contributed by atoms with Gasteiger partial charge in [0.2, 0.25) is 0 Å². The minimum atomic E-state index is -0.981. The van der Waals surface area contributed by atoms with Crippen LogP contribution in [0.2, 0.25) is 0 Å². The van der Waals surface area contributed by atoms with Gasteiger partial charge in [0.15, 0.2) is 6.23 Å². The van der Waals surface area contributed by atoms with E-state index >= 15 is 0 Å². The second-order valence-corrected chi connectivity index (χ2v) is 8.38. The van der Waals surface area contributed by atoms with Crippen LogP contribution in [0.3, 0.4) is 0 Å². The number of rotatable bonds is 5. The summed E-state index contributed by atoms with van der Waals surface area (Å²) in [5, 5.41) is 13.9. The van der Waals surface area contributed by atoms with Gasteiger partial charge in [-0.05, 0) is 62.1 Å². The molecule has 2 aromatic carbocycles. The van der Waals surface area contributed by atoms with Crippen LogP contribution in [0.5, 0.6) is 0 Å². The highest BCUT2D eigenvalue weighted by molar-refractivity contribution is 8.00. The van der Waals surface area contributed by atoms with Crippen molar-refractivity contribution >= 4 is 17.4 Å². The minimum Gasteiger partial charge on any atom is -0.369 e. The molecule has 2 aromatic rings. The summed E-state index contributed by atoms with van der Waals surface area (Å²) < 4.78 is 28.0. The molecule has 0 heterocycles. The summed E-state index contributed by atoms with van der Waals surface area (Å²) >= 11 is 1.57. The van der Waals surface area contributed by atoms with E-state index in [1.54, 1.807) is 49.9 Å². The second kappa shape index (κ2) is 8.40. The zero-order valence-corrected chi connectivity index (χ0v) is 16.0. The molecule has 26 heavy (non-hydrogen) atoms. The molecule has 1 fully saturated rings. The maximum absolute atomic E-state index is 14.2. The Bertz CT molecular complexity index is 752. The first-order valence-corrected chi connectivity index (χ1v) is 9.99. The largest absolute Gasteiger partial charge is 0.369 e. The van der Waals surface area contributed by atoms with Crippen molar-refractivity contribution in [1.29, 1.82) is 0 Å². The second-order valence-electron chi connectivity index (χ2n) is 7.04. The molecule has 3 rings (SSSR count). The van der Waals surface area contributed by atoms with Crippen molar-refractivity contribution in [3.05, 3.63) is 58.7 Å². The molecule has 0 radical (unpaired) electrons. The van der Waals surface area contributed by atoms with E-state index in [0.29, 0.717) is 32.5 Å². The molecule has 1 unspecified atom stereocenters. The van der Waals surface area contributed by atoms with Gasteiger partial charge in [0.1, 0.15) is 11.6 Å². The topological polar surface area (TPSA) is 32.3 Å². The number of aryl methyl sites for hydroxylation is 2. The average Bonchev–Trinajstić information content (AvgIpc) is 2.62. The highest BCUT2D eigenvalue weighted by atomic mass is 32.2. The summed E-state index contributed by atoms with van der Waals surface area (Å²) in [5.74, 6) is -0.483.